The monoisotopic (exact) mass is 348 g/mol. The molecule has 0 aromatic carbocycles. The lowest BCUT2D eigenvalue weighted by Gasteiger charge is -2.20. The van der Waals surface area contributed by atoms with Crippen molar-refractivity contribution in [2.45, 2.75) is 24.5 Å². The zero-order chi connectivity index (χ0) is 11.6. The number of rotatable bonds is 2. The maximum absolute atomic E-state index is 12.0. The number of amides is 1. The number of halogens is 1. The summed E-state index contributed by atoms with van der Waals surface area (Å²) in [6.07, 6.45) is 3.82. The van der Waals surface area contributed by atoms with Gasteiger partial charge in [0.1, 0.15) is 5.82 Å². The van der Waals surface area contributed by atoms with Gasteiger partial charge in [-0.2, -0.15) is 0 Å². The summed E-state index contributed by atoms with van der Waals surface area (Å²) in [5, 5.41) is 2.88. The molecule has 0 bridgehead atoms. The fourth-order valence-electron chi connectivity index (χ4n) is 1.66. The number of hydrogen-bond donors (Lipinski definition) is 1. The van der Waals surface area contributed by atoms with E-state index in [9.17, 15) is 4.79 Å². The summed E-state index contributed by atoms with van der Waals surface area (Å²) in [4.78, 5) is 16.2. The van der Waals surface area contributed by atoms with Gasteiger partial charge in [-0.15, -0.1) is 11.8 Å². The van der Waals surface area contributed by atoms with Gasteiger partial charge in [-0.25, -0.2) is 4.98 Å². The number of pyridine rings is 1. The largest absolute Gasteiger partial charge is 0.309 e. The Bertz CT molecular complexity index is 387. The molecule has 2 heterocycles. The zero-order valence-electron chi connectivity index (χ0n) is 9.00. The molecule has 3 nitrogen and oxygen atoms in total. The molecule has 1 unspecified atom stereocenters. The van der Waals surface area contributed by atoms with Crippen LogP contribution in [0.1, 0.15) is 19.8 Å². The Morgan fingerprint density at radius 3 is 3.00 bits per heavy atom. The third-order valence-electron chi connectivity index (χ3n) is 2.67. The molecule has 86 valence electrons. The second-order valence-electron chi connectivity index (χ2n) is 4.00. The van der Waals surface area contributed by atoms with Crippen molar-refractivity contribution >= 4 is 46.1 Å². The van der Waals surface area contributed by atoms with Crippen LogP contribution in [0.4, 0.5) is 5.82 Å². The average Bonchev–Trinajstić information content (AvgIpc) is 2.70. The molecule has 1 saturated heterocycles. The van der Waals surface area contributed by atoms with E-state index in [-0.39, 0.29) is 10.7 Å². The van der Waals surface area contributed by atoms with E-state index < -0.39 is 0 Å². The lowest BCUT2D eigenvalue weighted by atomic mass is 10.1. The molecular weight excluding hydrogens is 335 g/mol. The highest BCUT2D eigenvalue weighted by Gasteiger charge is 2.37. The van der Waals surface area contributed by atoms with Crippen molar-refractivity contribution in [3.63, 3.8) is 0 Å². The molecule has 1 N–H and O–H groups in total. The van der Waals surface area contributed by atoms with Gasteiger partial charge < -0.3 is 5.32 Å². The third-order valence-corrected chi connectivity index (χ3v) is 4.83. The predicted molar refractivity (Wildman–Crippen MR) is 75.7 cm³/mol. The number of nitrogens with zero attached hydrogens (tertiary/aromatic N) is 1. The Hall–Kier alpha value is -0.300. The fourth-order valence-corrected chi connectivity index (χ4v) is 3.19. The molecule has 2 rings (SSSR count). The van der Waals surface area contributed by atoms with Crippen molar-refractivity contribution in [2.24, 2.45) is 0 Å². The molecule has 16 heavy (non-hydrogen) atoms. The molecule has 0 spiro atoms. The number of aromatic nitrogens is 1. The van der Waals surface area contributed by atoms with Gasteiger partial charge in [0, 0.05) is 9.77 Å². The van der Waals surface area contributed by atoms with Crippen molar-refractivity contribution in [3.05, 3.63) is 21.9 Å². The van der Waals surface area contributed by atoms with E-state index in [4.69, 9.17) is 0 Å². The molecule has 0 radical (unpaired) electrons. The van der Waals surface area contributed by atoms with Crippen LogP contribution < -0.4 is 5.32 Å². The van der Waals surface area contributed by atoms with Crippen LogP contribution >= 0.6 is 34.4 Å². The van der Waals surface area contributed by atoms with Gasteiger partial charge in [0.15, 0.2) is 0 Å². The molecule has 1 fully saturated rings. The molecule has 1 aromatic rings. The van der Waals surface area contributed by atoms with Crippen LogP contribution in [0.25, 0.3) is 0 Å². The van der Waals surface area contributed by atoms with Gasteiger partial charge in [-0.1, -0.05) is 0 Å². The summed E-state index contributed by atoms with van der Waals surface area (Å²) in [5.74, 6) is 1.78. The van der Waals surface area contributed by atoms with Crippen molar-refractivity contribution in [2.75, 3.05) is 11.1 Å². The predicted octanol–water partition coefficient (Wildman–Crippen LogP) is 2.91. The van der Waals surface area contributed by atoms with E-state index in [2.05, 4.69) is 32.9 Å². The number of carbonyl (C=O) groups is 1. The molecule has 1 amide bonds. The molecule has 1 atom stereocenters. The summed E-state index contributed by atoms with van der Waals surface area (Å²) in [5.41, 5.74) is 0. The van der Waals surface area contributed by atoms with E-state index in [1.807, 2.05) is 19.1 Å². The molecule has 1 aromatic heterocycles. The first-order valence-electron chi connectivity index (χ1n) is 5.17. The van der Waals surface area contributed by atoms with Crippen molar-refractivity contribution in [1.82, 2.24) is 4.98 Å². The zero-order valence-corrected chi connectivity index (χ0v) is 12.0. The van der Waals surface area contributed by atoms with Crippen molar-refractivity contribution in [3.8, 4) is 0 Å². The first-order chi connectivity index (χ1) is 7.60. The molecule has 0 aliphatic carbocycles. The Morgan fingerprint density at radius 2 is 2.44 bits per heavy atom. The molecule has 0 saturated carbocycles. The maximum Gasteiger partial charge on any atom is 0.241 e. The molecular formula is C11H13IN2OS. The average molecular weight is 348 g/mol. The quantitative estimate of drug-likeness (QED) is 0.836. The topological polar surface area (TPSA) is 42.0 Å². The second-order valence-corrected chi connectivity index (χ2v) is 6.84. The van der Waals surface area contributed by atoms with E-state index in [1.54, 1.807) is 18.0 Å². The lowest BCUT2D eigenvalue weighted by molar-refractivity contribution is -0.118. The lowest BCUT2D eigenvalue weighted by Crippen LogP contribution is -2.34. The second kappa shape index (κ2) is 4.91. The SMILES string of the molecule is CC1(C(=O)Nc2ccc(I)cn2)CCCS1. The number of nitrogens with one attached hydrogen (secondary N) is 1. The number of thioether (sulfide) groups is 1. The highest BCUT2D eigenvalue weighted by molar-refractivity contribution is 14.1. The fraction of sp³-hybridized carbons (Fsp3) is 0.455. The first kappa shape index (κ1) is 12.2. The van der Waals surface area contributed by atoms with Crippen LogP contribution in [-0.4, -0.2) is 21.4 Å². The number of carbonyl (C=O) groups excluding carboxylic acids is 1. The van der Waals surface area contributed by atoms with Gasteiger partial charge in [-0.3, -0.25) is 4.79 Å². The summed E-state index contributed by atoms with van der Waals surface area (Å²) in [7, 11) is 0. The molecule has 5 heteroatoms. The van der Waals surface area contributed by atoms with Gasteiger partial charge in [0.2, 0.25) is 5.91 Å². The van der Waals surface area contributed by atoms with Crippen LogP contribution in [0.15, 0.2) is 18.3 Å². The minimum absolute atomic E-state index is 0.0729. The van der Waals surface area contributed by atoms with Gasteiger partial charge in [0.25, 0.3) is 0 Å². The first-order valence-corrected chi connectivity index (χ1v) is 7.23. The highest BCUT2D eigenvalue weighted by atomic mass is 127. The minimum Gasteiger partial charge on any atom is -0.309 e. The van der Waals surface area contributed by atoms with E-state index in [1.165, 1.54) is 0 Å². The summed E-state index contributed by atoms with van der Waals surface area (Å²) in [6, 6.07) is 3.77. The smallest absolute Gasteiger partial charge is 0.241 e. The maximum atomic E-state index is 12.0. The molecule has 1 aliphatic rings. The van der Waals surface area contributed by atoms with E-state index in [0.717, 1.165) is 22.2 Å². The Morgan fingerprint density at radius 1 is 1.62 bits per heavy atom. The minimum atomic E-state index is -0.273. The summed E-state index contributed by atoms with van der Waals surface area (Å²) >= 11 is 3.93. The van der Waals surface area contributed by atoms with Crippen molar-refractivity contribution < 1.29 is 4.79 Å². The van der Waals surface area contributed by atoms with Gasteiger partial charge in [-0.05, 0) is 60.2 Å². The standard InChI is InChI=1S/C11H13IN2OS/c1-11(5-2-6-16-11)10(15)14-9-4-3-8(12)7-13-9/h3-4,7H,2,5-6H2,1H3,(H,13,14,15). The van der Waals surface area contributed by atoms with Gasteiger partial charge >= 0.3 is 0 Å². The van der Waals surface area contributed by atoms with Crippen molar-refractivity contribution in [1.29, 1.82) is 0 Å². The number of hydrogen-bond acceptors (Lipinski definition) is 3. The van der Waals surface area contributed by atoms with Gasteiger partial charge in [0.05, 0.1) is 4.75 Å². The highest BCUT2D eigenvalue weighted by Crippen LogP contribution is 2.38. The summed E-state index contributed by atoms with van der Waals surface area (Å²) in [6.45, 7) is 2.01. The van der Waals surface area contributed by atoms with E-state index in [0.29, 0.717) is 5.82 Å². The van der Waals surface area contributed by atoms with Crippen LogP contribution in [-0.2, 0) is 4.79 Å². The normalized spacial score (nSPS) is 24.4. The molecule has 1 aliphatic heterocycles. The van der Waals surface area contributed by atoms with Crippen LogP contribution in [0.3, 0.4) is 0 Å². The Balaban J connectivity index is 2.04. The Kier molecular flexibility index (Phi) is 3.73. The Labute approximate surface area is 113 Å². The van der Waals surface area contributed by atoms with Crippen LogP contribution in [0.2, 0.25) is 0 Å². The van der Waals surface area contributed by atoms with Crippen LogP contribution in [0, 0.1) is 3.57 Å². The summed E-state index contributed by atoms with van der Waals surface area (Å²) < 4.78 is 0.794. The van der Waals surface area contributed by atoms with Crippen LogP contribution in [0.5, 0.6) is 0 Å². The van der Waals surface area contributed by atoms with E-state index >= 15 is 0 Å². The third kappa shape index (κ3) is 2.68. The number of anilines is 1.